The van der Waals surface area contributed by atoms with Gasteiger partial charge in [-0.25, -0.2) is 5.43 Å². The van der Waals surface area contributed by atoms with Gasteiger partial charge in [0.05, 0.1) is 19.9 Å². The van der Waals surface area contributed by atoms with Gasteiger partial charge in [0.1, 0.15) is 17.9 Å². The first-order valence-electron chi connectivity index (χ1n) is 13.0. The van der Waals surface area contributed by atoms with Crippen LogP contribution in [-0.4, -0.2) is 25.8 Å². The normalized spacial score (nSPS) is 11.2. The number of hydrazone groups is 1. The molecule has 0 aliphatic carbocycles. The van der Waals surface area contributed by atoms with Crippen LogP contribution in [0.2, 0.25) is 0 Å². The highest BCUT2D eigenvalue weighted by molar-refractivity contribution is 5.97. The van der Waals surface area contributed by atoms with Crippen molar-refractivity contribution in [3.8, 4) is 17.2 Å². The number of furan rings is 1. The van der Waals surface area contributed by atoms with E-state index in [-0.39, 0.29) is 5.76 Å². The minimum absolute atomic E-state index is 0.156. The molecule has 0 unspecified atom stereocenters. The highest BCUT2D eigenvalue weighted by Gasteiger charge is 2.14. The van der Waals surface area contributed by atoms with E-state index in [4.69, 9.17) is 18.6 Å². The molecule has 0 atom stereocenters. The second kappa shape index (κ2) is 12.2. The van der Waals surface area contributed by atoms with Crippen molar-refractivity contribution < 1.29 is 23.4 Å². The molecule has 0 saturated carbocycles. The number of carbonyl (C=O) groups excluding carboxylic acids is 1. The van der Waals surface area contributed by atoms with Gasteiger partial charge in [0.15, 0.2) is 17.3 Å². The Hall–Kier alpha value is -5.04. The van der Waals surface area contributed by atoms with Crippen molar-refractivity contribution in [2.45, 2.75) is 20.0 Å². The van der Waals surface area contributed by atoms with E-state index in [2.05, 4.69) is 47.4 Å². The summed E-state index contributed by atoms with van der Waals surface area (Å²) in [5.74, 6) is 1.62. The van der Waals surface area contributed by atoms with E-state index in [0.717, 1.165) is 33.2 Å². The van der Waals surface area contributed by atoms with Crippen molar-refractivity contribution in [2.75, 3.05) is 13.7 Å². The predicted molar refractivity (Wildman–Crippen MR) is 158 cm³/mol. The summed E-state index contributed by atoms with van der Waals surface area (Å²) in [4.78, 5) is 12.7. The van der Waals surface area contributed by atoms with Crippen LogP contribution in [0.15, 0.2) is 101 Å². The summed E-state index contributed by atoms with van der Waals surface area (Å²) in [6.45, 7) is 6.74. The highest BCUT2D eigenvalue weighted by atomic mass is 16.5. The van der Waals surface area contributed by atoms with Crippen molar-refractivity contribution in [3.05, 3.63) is 114 Å². The SMILES string of the molecule is C=CCc1cc(/C=N/NC(=O)c2cc3cc(OCC)ccc3o2)cc(OC)c1OCc1ccc2ccccc2c1. The Kier molecular flexibility index (Phi) is 8.11. The number of hydrogen-bond acceptors (Lipinski definition) is 6. The average Bonchev–Trinajstić information content (AvgIpc) is 3.40. The predicted octanol–water partition coefficient (Wildman–Crippen LogP) is 7.06. The van der Waals surface area contributed by atoms with Crippen molar-refractivity contribution in [3.63, 3.8) is 0 Å². The molecule has 5 rings (SSSR count). The smallest absolute Gasteiger partial charge is 0.307 e. The molecule has 40 heavy (non-hydrogen) atoms. The third-order valence-corrected chi connectivity index (χ3v) is 6.34. The number of rotatable bonds is 11. The lowest BCUT2D eigenvalue weighted by atomic mass is 10.1. The van der Waals surface area contributed by atoms with Crippen molar-refractivity contribution in [2.24, 2.45) is 5.10 Å². The van der Waals surface area contributed by atoms with Crippen molar-refractivity contribution >= 4 is 33.9 Å². The number of ether oxygens (including phenoxy) is 3. The van der Waals surface area contributed by atoms with E-state index in [1.165, 1.54) is 5.39 Å². The lowest BCUT2D eigenvalue weighted by molar-refractivity contribution is 0.0929. The Morgan fingerprint density at radius 3 is 2.62 bits per heavy atom. The minimum atomic E-state index is -0.459. The second-order valence-electron chi connectivity index (χ2n) is 9.12. The minimum Gasteiger partial charge on any atom is -0.494 e. The third-order valence-electron chi connectivity index (χ3n) is 6.34. The van der Waals surface area contributed by atoms with Crippen LogP contribution in [0.5, 0.6) is 17.2 Å². The Balaban J connectivity index is 1.30. The number of carbonyl (C=O) groups is 1. The maximum absolute atomic E-state index is 12.7. The number of methoxy groups -OCH3 is 1. The second-order valence-corrected chi connectivity index (χ2v) is 9.12. The molecule has 5 aromatic rings. The van der Waals surface area contributed by atoms with Crippen LogP contribution in [0.1, 0.15) is 34.2 Å². The van der Waals surface area contributed by atoms with Gasteiger partial charge in [-0.1, -0.05) is 42.5 Å². The Labute approximate surface area is 232 Å². The fourth-order valence-electron chi connectivity index (χ4n) is 4.48. The summed E-state index contributed by atoms with van der Waals surface area (Å²) in [6, 6.07) is 25.3. The number of allylic oxidation sites excluding steroid dienone is 1. The van der Waals surface area contributed by atoms with Gasteiger partial charge >= 0.3 is 5.91 Å². The van der Waals surface area contributed by atoms with Gasteiger partial charge in [-0.15, -0.1) is 6.58 Å². The zero-order valence-electron chi connectivity index (χ0n) is 22.5. The molecule has 0 bridgehead atoms. The Morgan fingerprint density at radius 1 is 0.975 bits per heavy atom. The van der Waals surface area contributed by atoms with Crippen LogP contribution in [-0.2, 0) is 13.0 Å². The number of fused-ring (bicyclic) bond motifs is 2. The quantitative estimate of drug-likeness (QED) is 0.111. The molecule has 1 heterocycles. The number of nitrogens with one attached hydrogen (secondary N) is 1. The monoisotopic (exact) mass is 534 g/mol. The molecule has 1 N–H and O–H groups in total. The van der Waals surface area contributed by atoms with Crippen LogP contribution in [0.3, 0.4) is 0 Å². The van der Waals surface area contributed by atoms with Gasteiger partial charge in [-0.3, -0.25) is 4.79 Å². The molecule has 1 aromatic heterocycles. The number of benzene rings is 4. The maximum Gasteiger partial charge on any atom is 0.307 e. The molecular formula is C33H30N2O5. The van der Waals surface area contributed by atoms with E-state index in [1.54, 1.807) is 37.6 Å². The fraction of sp³-hybridized carbons (Fsp3) is 0.152. The van der Waals surface area contributed by atoms with Gasteiger partial charge in [0.2, 0.25) is 0 Å². The molecule has 1 amide bonds. The van der Waals surface area contributed by atoms with Gasteiger partial charge in [-0.05, 0) is 77.7 Å². The first kappa shape index (κ1) is 26.6. The molecule has 202 valence electrons. The first-order chi connectivity index (χ1) is 19.6. The summed E-state index contributed by atoms with van der Waals surface area (Å²) in [5, 5.41) is 7.25. The Bertz CT molecular complexity index is 1700. The summed E-state index contributed by atoms with van der Waals surface area (Å²) in [7, 11) is 1.59. The summed E-state index contributed by atoms with van der Waals surface area (Å²) >= 11 is 0. The lowest BCUT2D eigenvalue weighted by Crippen LogP contribution is -2.16. The van der Waals surface area contributed by atoms with Gasteiger partial charge < -0.3 is 18.6 Å². The highest BCUT2D eigenvalue weighted by Crippen LogP contribution is 2.34. The van der Waals surface area contributed by atoms with Crippen LogP contribution in [0.25, 0.3) is 21.7 Å². The molecule has 0 aliphatic rings. The third kappa shape index (κ3) is 5.99. The van der Waals surface area contributed by atoms with Crippen LogP contribution >= 0.6 is 0 Å². The van der Waals surface area contributed by atoms with Crippen molar-refractivity contribution in [1.29, 1.82) is 0 Å². The topological polar surface area (TPSA) is 82.3 Å². The van der Waals surface area contributed by atoms with Crippen LogP contribution in [0.4, 0.5) is 0 Å². The maximum atomic E-state index is 12.7. The molecule has 7 heteroatoms. The lowest BCUT2D eigenvalue weighted by Gasteiger charge is -2.16. The molecule has 0 aliphatic heterocycles. The van der Waals surface area contributed by atoms with Gasteiger partial charge in [0.25, 0.3) is 0 Å². The number of nitrogens with zero attached hydrogens (tertiary/aromatic N) is 1. The summed E-state index contributed by atoms with van der Waals surface area (Å²) in [6.07, 6.45) is 3.93. The van der Waals surface area contributed by atoms with Crippen LogP contribution in [0, 0.1) is 0 Å². The molecular weight excluding hydrogens is 504 g/mol. The largest absolute Gasteiger partial charge is 0.494 e. The molecule has 0 radical (unpaired) electrons. The van der Waals surface area contributed by atoms with Crippen molar-refractivity contribution in [1.82, 2.24) is 5.43 Å². The molecule has 0 fully saturated rings. The number of hydrogen-bond donors (Lipinski definition) is 1. The van der Waals surface area contributed by atoms with Gasteiger partial charge in [-0.2, -0.15) is 5.10 Å². The molecule has 4 aromatic carbocycles. The standard InChI is InChI=1S/C33H30N2O5/c1-4-8-26-16-23(20-34-35-33(36)31-19-27-18-28(38-5-2)13-14-29(27)40-31)17-30(37-3)32(26)39-21-22-11-12-24-9-6-7-10-25(24)15-22/h4,6-7,9-20H,1,5,8,21H2,2-3H3,(H,35,36)/b34-20+. The average molecular weight is 535 g/mol. The fourth-order valence-corrected chi connectivity index (χ4v) is 4.48. The number of amides is 1. The molecule has 0 saturated heterocycles. The van der Waals surface area contributed by atoms with E-state index in [0.29, 0.717) is 36.7 Å². The van der Waals surface area contributed by atoms with E-state index >= 15 is 0 Å². The zero-order valence-corrected chi connectivity index (χ0v) is 22.5. The molecule has 7 nitrogen and oxygen atoms in total. The summed E-state index contributed by atoms with van der Waals surface area (Å²) < 4.78 is 23.1. The van der Waals surface area contributed by atoms with E-state index < -0.39 is 5.91 Å². The van der Waals surface area contributed by atoms with E-state index in [1.807, 2.05) is 37.3 Å². The first-order valence-corrected chi connectivity index (χ1v) is 13.0. The van der Waals surface area contributed by atoms with Crippen LogP contribution < -0.4 is 19.6 Å². The summed E-state index contributed by atoms with van der Waals surface area (Å²) in [5.41, 5.74) is 5.80. The molecule has 0 spiro atoms. The van der Waals surface area contributed by atoms with E-state index in [9.17, 15) is 4.79 Å². The zero-order chi connectivity index (χ0) is 27.9. The van der Waals surface area contributed by atoms with Gasteiger partial charge in [0, 0.05) is 10.9 Å². The Morgan fingerprint density at radius 2 is 1.82 bits per heavy atom.